The van der Waals surface area contributed by atoms with Crippen molar-refractivity contribution in [3.63, 3.8) is 0 Å². The van der Waals surface area contributed by atoms with Crippen LogP contribution < -0.4 is 5.48 Å². The number of hydrogen-bond acceptors (Lipinski definition) is 3. The molecule has 3 nitrogen and oxygen atoms in total. The van der Waals surface area contributed by atoms with Crippen LogP contribution in [0.25, 0.3) is 11.0 Å². The van der Waals surface area contributed by atoms with Gasteiger partial charge in [-0.1, -0.05) is 12.1 Å². The van der Waals surface area contributed by atoms with Crippen LogP contribution in [0.4, 0.5) is 0 Å². The average molecular weight is 242 g/mol. The predicted molar refractivity (Wildman–Crippen MR) is 52.5 cm³/mol. The fourth-order valence-corrected chi connectivity index (χ4v) is 1.72. The van der Waals surface area contributed by atoms with E-state index in [1.54, 1.807) is 6.26 Å². The van der Waals surface area contributed by atoms with Crippen molar-refractivity contribution in [3.8, 4) is 0 Å². The van der Waals surface area contributed by atoms with Gasteiger partial charge >= 0.3 is 0 Å². The molecule has 0 saturated carbocycles. The summed E-state index contributed by atoms with van der Waals surface area (Å²) in [7, 11) is 0. The summed E-state index contributed by atoms with van der Waals surface area (Å²) < 4.78 is 6.27. The SMILES string of the molecule is ONCc1cccc2c(Br)coc12. The van der Waals surface area contributed by atoms with Crippen LogP contribution in [0.1, 0.15) is 5.56 Å². The zero-order valence-corrected chi connectivity index (χ0v) is 8.34. The molecule has 2 N–H and O–H groups in total. The van der Waals surface area contributed by atoms with Crippen LogP contribution in [-0.2, 0) is 6.54 Å². The van der Waals surface area contributed by atoms with Gasteiger partial charge in [-0.2, -0.15) is 0 Å². The number of hydroxylamine groups is 1. The molecule has 1 aromatic heterocycles. The van der Waals surface area contributed by atoms with E-state index in [-0.39, 0.29) is 0 Å². The third-order valence-corrected chi connectivity index (χ3v) is 2.52. The van der Waals surface area contributed by atoms with Crippen molar-refractivity contribution in [2.45, 2.75) is 6.54 Å². The Morgan fingerprint density at radius 3 is 3.08 bits per heavy atom. The molecule has 0 spiro atoms. The molecular formula is C9H8BrNO2. The highest BCUT2D eigenvalue weighted by Crippen LogP contribution is 2.28. The first-order valence-electron chi connectivity index (χ1n) is 3.84. The molecule has 1 heterocycles. The maximum Gasteiger partial charge on any atom is 0.139 e. The Morgan fingerprint density at radius 2 is 2.31 bits per heavy atom. The lowest BCUT2D eigenvalue weighted by Crippen LogP contribution is -2.05. The van der Waals surface area contributed by atoms with E-state index in [2.05, 4.69) is 21.4 Å². The Balaban J connectivity index is 2.63. The number of benzene rings is 1. The second-order valence-electron chi connectivity index (χ2n) is 2.71. The quantitative estimate of drug-likeness (QED) is 0.795. The van der Waals surface area contributed by atoms with Crippen molar-refractivity contribution >= 4 is 26.9 Å². The zero-order valence-electron chi connectivity index (χ0n) is 6.75. The van der Waals surface area contributed by atoms with Crippen LogP contribution in [0.15, 0.2) is 33.4 Å². The Hall–Kier alpha value is -0.840. The van der Waals surface area contributed by atoms with Gasteiger partial charge in [-0.15, -0.1) is 0 Å². The molecule has 0 atom stereocenters. The highest BCUT2D eigenvalue weighted by molar-refractivity contribution is 9.10. The van der Waals surface area contributed by atoms with Crippen LogP contribution >= 0.6 is 15.9 Å². The third kappa shape index (κ3) is 1.48. The van der Waals surface area contributed by atoms with Gasteiger partial charge < -0.3 is 9.62 Å². The van der Waals surface area contributed by atoms with E-state index in [1.807, 2.05) is 18.2 Å². The molecule has 68 valence electrons. The molecular weight excluding hydrogens is 234 g/mol. The van der Waals surface area contributed by atoms with Gasteiger partial charge in [0.15, 0.2) is 0 Å². The molecule has 0 radical (unpaired) electrons. The molecule has 0 aliphatic heterocycles. The van der Waals surface area contributed by atoms with Crippen molar-refractivity contribution in [2.24, 2.45) is 0 Å². The second kappa shape index (κ2) is 3.49. The number of halogens is 1. The van der Waals surface area contributed by atoms with E-state index < -0.39 is 0 Å². The van der Waals surface area contributed by atoms with Crippen molar-refractivity contribution in [1.82, 2.24) is 5.48 Å². The van der Waals surface area contributed by atoms with Gasteiger partial charge in [0.25, 0.3) is 0 Å². The van der Waals surface area contributed by atoms with Crippen LogP contribution in [0.5, 0.6) is 0 Å². The Morgan fingerprint density at radius 1 is 1.46 bits per heavy atom. The first-order chi connectivity index (χ1) is 6.33. The van der Waals surface area contributed by atoms with E-state index in [9.17, 15) is 0 Å². The Labute approximate surface area is 83.4 Å². The van der Waals surface area contributed by atoms with Gasteiger partial charge in [-0.25, -0.2) is 5.48 Å². The number of furan rings is 1. The van der Waals surface area contributed by atoms with Gasteiger partial charge in [0.05, 0.1) is 4.47 Å². The first-order valence-corrected chi connectivity index (χ1v) is 4.64. The van der Waals surface area contributed by atoms with E-state index >= 15 is 0 Å². The molecule has 0 fully saturated rings. The predicted octanol–water partition coefficient (Wildman–Crippen LogP) is 2.67. The van der Waals surface area contributed by atoms with Gasteiger partial charge in [-0.05, 0) is 22.0 Å². The number of para-hydroxylation sites is 1. The fraction of sp³-hybridized carbons (Fsp3) is 0.111. The largest absolute Gasteiger partial charge is 0.463 e. The molecule has 0 bridgehead atoms. The van der Waals surface area contributed by atoms with Gasteiger partial charge in [0.1, 0.15) is 11.8 Å². The summed E-state index contributed by atoms with van der Waals surface area (Å²) in [5.74, 6) is 0. The second-order valence-corrected chi connectivity index (χ2v) is 3.57. The zero-order chi connectivity index (χ0) is 9.26. The minimum atomic E-state index is 0.386. The molecule has 0 unspecified atom stereocenters. The topological polar surface area (TPSA) is 45.4 Å². The van der Waals surface area contributed by atoms with Crippen LogP contribution in [0.2, 0.25) is 0 Å². The van der Waals surface area contributed by atoms with E-state index in [0.29, 0.717) is 6.54 Å². The lowest BCUT2D eigenvalue weighted by molar-refractivity contribution is 0.161. The summed E-state index contributed by atoms with van der Waals surface area (Å²) in [5, 5.41) is 9.60. The lowest BCUT2D eigenvalue weighted by atomic mass is 10.1. The summed E-state index contributed by atoms with van der Waals surface area (Å²) in [6.07, 6.45) is 1.64. The summed E-state index contributed by atoms with van der Waals surface area (Å²) in [6, 6.07) is 5.79. The number of fused-ring (bicyclic) bond motifs is 1. The fourth-order valence-electron chi connectivity index (χ4n) is 1.31. The standard InChI is InChI=1S/C9H8BrNO2/c10-8-5-13-9-6(4-11-12)2-1-3-7(8)9/h1-3,5,11-12H,4H2. The van der Waals surface area contributed by atoms with Crippen molar-refractivity contribution in [1.29, 1.82) is 0 Å². The molecule has 2 aromatic rings. The van der Waals surface area contributed by atoms with E-state index in [1.165, 1.54) is 0 Å². The van der Waals surface area contributed by atoms with Gasteiger partial charge in [0, 0.05) is 17.5 Å². The first kappa shape index (κ1) is 8.74. The molecule has 0 aliphatic carbocycles. The van der Waals surface area contributed by atoms with E-state index in [0.717, 1.165) is 21.0 Å². The van der Waals surface area contributed by atoms with E-state index in [4.69, 9.17) is 9.62 Å². The van der Waals surface area contributed by atoms with Crippen LogP contribution in [-0.4, -0.2) is 5.21 Å². The smallest absolute Gasteiger partial charge is 0.139 e. The molecule has 4 heteroatoms. The summed E-state index contributed by atoms with van der Waals surface area (Å²) in [4.78, 5) is 0. The summed E-state index contributed by atoms with van der Waals surface area (Å²) >= 11 is 3.38. The van der Waals surface area contributed by atoms with Crippen molar-refractivity contribution in [3.05, 3.63) is 34.5 Å². The molecule has 13 heavy (non-hydrogen) atoms. The highest BCUT2D eigenvalue weighted by atomic mass is 79.9. The minimum Gasteiger partial charge on any atom is -0.463 e. The Bertz CT molecular complexity index is 424. The molecule has 0 saturated heterocycles. The molecule has 0 aliphatic rings. The summed E-state index contributed by atoms with van der Waals surface area (Å²) in [6.45, 7) is 0.386. The molecule has 1 aromatic carbocycles. The van der Waals surface area contributed by atoms with Gasteiger partial charge in [0.2, 0.25) is 0 Å². The lowest BCUT2D eigenvalue weighted by Gasteiger charge is -1.99. The average Bonchev–Trinajstić information content (AvgIpc) is 2.50. The number of rotatable bonds is 2. The molecule has 0 amide bonds. The van der Waals surface area contributed by atoms with Crippen molar-refractivity contribution in [2.75, 3.05) is 0 Å². The van der Waals surface area contributed by atoms with Gasteiger partial charge in [-0.3, -0.25) is 0 Å². The third-order valence-electron chi connectivity index (χ3n) is 1.90. The highest BCUT2D eigenvalue weighted by Gasteiger charge is 2.06. The normalized spacial score (nSPS) is 10.9. The maximum atomic E-state index is 8.58. The summed E-state index contributed by atoms with van der Waals surface area (Å²) in [5.41, 5.74) is 3.85. The van der Waals surface area contributed by atoms with Crippen LogP contribution in [0, 0.1) is 0 Å². The maximum absolute atomic E-state index is 8.58. The minimum absolute atomic E-state index is 0.386. The van der Waals surface area contributed by atoms with Crippen LogP contribution in [0.3, 0.4) is 0 Å². The Kier molecular flexibility index (Phi) is 2.35. The number of nitrogens with one attached hydrogen (secondary N) is 1. The monoisotopic (exact) mass is 241 g/mol. The number of hydrogen-bond donors (Lipinski definition) is 2. The molecule has 2 rings (SSSR count). The van der Waals surface area contributed by atoms with Crippen molar-refractivity contribution < 1.29 is 9.62 Å².